The van der Waals surface area contributed by atoms with Crippen LogP contribution in [0.4, 0.5) is 0 Å². The summed E-state index contributed by atoms with van der Waals surface area (Å²) in [5.74, 6) is -0.399. The summed E-state index contributed by atoms with van der Waals surface area (Å²) in [7, 11) is -1.62. The van der Waals surface area contributed by atoms with E-state index < -0.39 is 13.1 Å². The summed E-state index contributed by atoms with van der Waals surface area (Å²) in [6.45, 7) is 0.477. The Labute approximate surface area is 98.8 Å². The highest BCUT2D eigenvalue weighted by Gasteiger charge is 2.24. The van der Waals surface area contributed by atoms with E-state index in [0.29, 0.717) is 12.5 Å². The lowest BCUT2D eigenvalue weighted by Gasteiger charge is -2.10. The van der Waals surface area contributed by atoms with Crippen molar-refractivity contribution >= 4 is 18.6 Å². The minimum atomic E-state index is -1.62. The van der Waals surface area contributed by atoms with E-state index in [1.165, 1.54) is 18.2 Å². The molecule has 1 aliphatic rings. The van der Waals surface area contributed by atoms with Crippen LogP contribution in [0, 0.1) is 5.92 Å². The lowest BCUT2D eigenvalue weighted by atomic mass is 9.80. The molecule has 0 unspecified atom stereocenters. The van der Waals surface area contributed by atoms with Crippen molar-refractivity contribution in [3.05, 3.63) is 23.8 Å². The molecule has 1 aliphatic carbocycles. The Bertz CT molecular complexity index is 428. The van der Waals surface area contributed by atoms with E-state index in [-0.39, 0.29) is 16.8 Å². The molecule has 0 amide bonds. The summed E-state index contributed by atoms with van der Waals surface area (Å²) in [5.41, 5.74) is 0.260. The topological polar surface area (TPSA) is 87.0 Å². The average molecular weight is 236 g/mol. The van der Waals surface area contributed by atoms with E-state index in [1.54, 1.807) is 0 Å². The van der Waals surface area contributed by atoms with Crippen molar-refractivity contribution in [2.24, 2.45) is 5.92 Å². The first-order valence-corrected chi connectivity index (χ1v) is 5.44. The number of carbonyl (C=O) groups is 1. The van der Waals surface area contributed by atoms with Crippen LogP contribution in [0.2, 0.25) is 0 Å². The summed E-state index contributed by atoms with van der Waals surface area (Å²) in [6, 6.07) is 4.04. The third-order valence-electron chi connectivity index (χ3n) is 2.71. The number of hydrogen-bond donors (Lipinski definition) is 3. The molecule has 0 bridgehead atoms. The molecule has 0 radical (unpaired) electrons. The number of ether oxygens (including phenoxy) is 1. The van der Waals surface area contributed by atoms with Crippen LogP contribution in [0.5, 0.6) is 5.75 Å². The largest absolute Gasteiger partial charge is 0.492 e. The Morgan fingerprint density at radius 2 is 2.12 bits per heavy atom. The van der Waals surface area contributed by atoms with Gasteiger partial charge in [0.15, 0.2) is 0 Å². The maximum Gasteiger partial charge on any atom is 0.488 e. The van der Waals surface area contributed by atoms with Gasteiger partial charge in [0.1, 0.15) is 11.3 Å². The Balaban J connectivity index is 2.21. The predicted octanol–water partition coefficient (Wildman–Crippen LogP) is -0.147. The Hall–Kier alpha value is -1.53. The van der Waals surface area contributed by atoms with Crippen molar-refractivity contribution in [3.63, 3.8) is 0 Å². The van der Waals surface area contributed by atoms with Gasteiger partial charge in [-0.1, -0.05) is 6.07 Å². The maximum atomic E-state index is 11.0. The average Bonchev–Trinajstić information content (AvgIpc) is 3.09. The van der Waals surface area contributed by atoms with Crippen molar-refractivity contribution in [2.45, 2.75) is 12.8 Å². The fourth-order valence-electron chi connectivity index (χ4n) is 1.49. The van der Waals surface area contributed by atoms with Crippen LogP contribution < -0.4 is 10.2 Å². The number of carboxylic acid groups (broad SMARTS) is 1. The molecule has 0 aromatic heterocycles. The molecule has 17 heavy (non-hydrogen) atoms. The highest BCUT2D eigenvalue weighted by atomic mass is 16.5. The summed E-state index contributed by atoms with van der Waals surface area (Å²) in [6.07, 6.45) is 2.20. The zero-order chi connectivity index (χ0) is 12.4. The maximum absolute atomic E-state index is 11.0. The minimum absolute atomic E-state index is 0.0371. The van der Waals surface area contributed by atoms with Crippen molar-refractivity contribution in [1.82, 2.24) is 0 Å². The quantitative estimate of drug-likeness (QED) is 0.619. The van der Waals surface area contributed by atoms with Crippen LogP contribution in [0.25, 0.3) is 0 Å². The molecule has 3 N–H and O–H groups in total. The van der Waals surface area contributed by atoms with Gasteiger partial charge in [-0.3, -0.25) is 0 Å². The zero-order valence-corrected chi connectivity index (χ0v) is 9.17. The third-order valence-corrected chi connectivity index (χ3v) is 2.71. The zero-order valence-electron chi connectivity index (χ0n) is 9.17. The molecule has 6 heteroatoms. The van der Waals surface area contributed by atoms with Crippen LogP contribution in [-0.4, -0.2) is 34.8 Å². The molecule has 0 aliphatic heterocycles. The second kappa shape index (κ2) is 4.77. The van der Waals surface area contributed by atoms with E-state index in [0.717, 1.165) is 12.8 Å². The van der Waals surface area contributed by atoms with Crippen LogP contribution in [-0.2, 0) is 0 Å². The monoisotopic (exact) mass is 236 g/mol. The Kier molecular flexibility index (Phi) is 3.35. The number of carboxylic acids is 1. The highest BCUT2D eigenvalue weighted by molar-refractivity contribution is 6.58. The van der Waals surface area contributed by atoms with Crippen molar-refractivity contribution in [3.8, 4) is 5.75 Å². The van der Waals surface area contributed by atoms with Crippen molar-refractivity contribution in [1.29, 1.82) is 0 Å². The van der Waals surface area contributed by atoms with Gasteiger partial charge in [-0.05, 0) is 36.4 Å². The van der Waals surface area contributed by atoms with E-state index in [9.17, 15) is 4.79 Å². The van der Waals surface area contributed by atoms with Gasteiger partial charge in [-0.25, -0.2) is 4.79 Å². The minimum Gasteiger partial charge on any atom is -0.492 e. The first-order chi connectivity index (χ1) is 8.08. The van der Waals surface area contributed by atoms with E-state index in [2.05, 4.69) is 0 Å². The van der Waals surface area contributed by atoms with Gasteiger partial charge in [0, 0.05) is 0 Å². The molecule has 1 saturated carbocycles. The molecule has 0 spiro atoms. The van der Waals surface area contributed by atoms with Crippen molar-refractivity contribution < 1.29 is 24.7 Å². The molecule has 0 saturated heterocycles. The molecule has 2 rings (SSSR count). The molecule has 1 aromatic rings. The molecular weight excluding hydrogens is 223 g/mol. The molecule has 0 atom stereocenters. The van der Waals surface area contributed by atoms with Crippen LogP contribution >= 0.6 is 0 Å². The van der Waals surface area contributed by atoms with Gasteiger partial charge in [0.2, 0.25) is 0 Å². The Morgan fingerprint density at radius 3 is 2.65 bits per heavy atom. The first kappa shape index (κ1) is 11.9. The van der Waals surface area contributed by atoms with Gasteiger partial charge in [-0.15, -0.1) is 0 Å². The van der Waals surface area contributed by atoms with Gasteiger partial charge in [0.25, 0.3) is 0 Å². The fourth-order valence-corrected chi connectivity index (χ4v) is 1.49. The number of benzene rings is 1. The number of hydrogen-bond acceptors (Lipinski definition) is 4. The lowest BCUT2D eigenvalue weighted by Crippen LogP contribution is -2.30. The van der Waals surface area contributed by atoms with E-state index in [1.807, 2.05) is 0 Å². The summed E-state index contributed by atoms with van der Waals surface area (Å²) < 4.78 is 5.41. The first-order valence-electron chi connectivity index (χ1n) is 5.44. The predicted molar refractivity (Wildman–Crippen MR) is 61.4 cm³/mol. The van der Waals surface area contributed by atoms with Crippen LogP contribution in [0.3, 0.4) is 0 Å². The number of aromatic carboxylic acids is 1. The molecule has 1 fully saturated rings. The Morgan fingerprint density at radius 1 is 1.41 bits per heavy atom. The third kappa shape index (κ3) is 2.98. The molecule has 90 valence electrons. The van der Waals surface area contributed by atoms with Gasteiger partial charge >= 0.3 is 13.1 Å². The number of rotatable bonds is 5. The van der Waals surface area contributed by atoms with E-state index >= 15 is 0 Å². The molecule has 1 aromatic carbocycles. The van der Waals surface area contributed by atoms with Crippen LogP contribution in [0.15, 0.2) is 18.2 Å². The molecular formula is C11H13BO5. The summed E-state index contributed by atoms with van der Waals surface area (Å²) in [4.78, 5) is 11.0. The second-order valence-corrected chi connectivity index (χ2v) is 4.19. The molecule has 5 nitrogen and oxygen atoms in total. The van der Waals surface area contributed by atoms with Gasteiger partial charge in [-0.2, -0.15) is 0 Å². The van der Waals surface area contributed by atoms with Gasteiger partial charge in [0.05, 0.1) is 6.61 Å². The smallest absolute Gasteiger partial charge is 0.488 e. The standard InChI is InChI=1S/C11H13BO5/c13-11(14)9-4-3-8(12(15)16)5-10(9)17-6-7-1-2-7/h3-5,7,15-16H,1-2,6H2,(H,13,14). The van der Waals surface area contributed by atoms with Gasteiger partial charge < -0.3 is 19.9 Å². The van der Waals surface area contributed by atoms with Crippen molar-refractivity contribution in [2.75, 3.05) is 6.61 Å². The summed E-state index contributed by atoms with van der Waals surface area (Å²) in [5, 5.41) is 27.0. The normalized spacial score (nSPS) is 14.5. The SMILES string of the molecule is O=C(O)c1ccc(B(O)O)cc1OCC1CC1. The molecule has 0 heterocycles. The second-order valence-electron chi connectivity index (χ2n) is 4.19. The fraction of sp³-hybridized carbons (Fsp3) is 0.364. The lowest BCUT2D eigenvalue weighted by molar-refractivity contribution is 0.0692. The highest BCUT2D eigenvalue weighted by Crippen LogP contribution is 2.30. The van der Waals surface area contributed by atoms with Crippen LogP contribution in [0.1, 0.15) is 23.2 Å². The van der Waals surface area contributed by atoms with E-state index in [4.69, 9.17) is 19.9 Å². The summed E-state index contributed by atoms with van der Waals surface area (Å²) >= 11 is 0.